The van der Waals surface area contributed by atoms with E-state index in [9.17, 15) is 14.0 Å². The number of rotatable bonds is 8. The van der Waals surface area contributed by atoms with Crippen LogP contribution in [-0.4, -0.2) is 24.3 Å². The quantitative estimate of drug-likeness (QED) is 0.212. The lowest BCUT2D eigenvalue weighted by molar-refractivity contribution is -0.139. The van der Waals surface area contributed by atoms with Gasteiger partial charge in [-0.2, -0.15) is 0 Å². The SMILES string of the molecule is CCOC(=O)C1=C(C)N=c2sc(=Cc3ccccc3OCc3ccccc3F)c(=O)n2[C@H]1c1c(OC)ccc2ccccc12. The molecule has 0 saturated carbocycles. The fraction of sp³-hybridized carbons (Fsp3) is 0.171. The van der Waals surface area contributed by atoms with E-state index in [0.29, 0.717) is 43.2 Å². The van der Waals surface area contributed by atoms with E-state index >= 15 is 0 Å². The molecule has 5 aromatic rings. The Labute approximate surface area is 256 Å². The van der Waals surface area contributed by atoms with Gasteiger partial charge in [0.25, 0.3) is 5.56 Å². The van der Waals surface area contributed by atoms with Crippen molar-refractivity contribution in [2.75, 3.05) is 13.7 Å². The van der Waals surface area contributed by atoms with Crippen molar-refractivity contribution in [3.05, 3.63) is 138 Å². The van der Waals surface area contributed by atoms with Crippen molar-refractivity contribution in [1.82, 2.24) is 4.57 Å². The number of allylic oxidation sites excluding steroid dienone is 1. The number of hydrogen-bond donors (Lipinski definition) is 0. The number of aromatic nitrogens is 1. The number of carbonyl (C=O) groups is 1. The van der Waals surface area contributed by atoms with Gasteiger partial charge in [0.15, 0.2) is 4.80 Å². The molecule has 0 fully saturated rings. The smallest absolute Gasteiger partial charge is 0.338 e. The highest BCUT2D eigenvalue weighted by Gasteiger charge is 2.36. The van der Waals surface area contributed by atoms with Gasteiger partial charge in [0.05, 0.1) is 29.5 Å². The summed E-state index contributed by atoms with van der Waals surface area (Å²) in [5.41, 5.74) is 2.15. The number of methoxy groups -OCH3 is 1. The summed E-state index contributed by atoms with van der Waals surface area (Å²) < 4.78 is 33.4. The molecule has 0 saturated heterocycles. The summed E-state index contributed by atoms with van der Waals surface area (Å²) in [5.74, 6) is 0.133. The summed E-state index contributed by atoms with van der Waals surface area (Å²) in [6, 6.07) is 24.4. The summed E-state index contributed by atoms with van der Waals surface area (Å²) >= 11 is 1.22. The van der Waals surface area contributed by atoms with E-state index in [-0.39, 0.29) is 30.2 Å². The Kier molecular flexibility index (Phi) is 8.13. The summed E-state index contributed by atoms with van der Waals surface area (Å²) in [4.78, 5) is 32.9. The standard InChI is InChI=1S/C35H29FN2O5S/c1-4-42-34(40)30-21(2)37-35-38(32(30)31-25-14-8-5-11-22(25)17-18-28(31)41-3)33(39)29(44-35)19-23-12-7-10-16-27(23)43-20-24-13-6-9-15-26(24)36/h5-19,32H,4,20H2,1-3H3/t32-/m1/s1. The fourth-order valence-corrected chi connectivity index (χ4v) is 6.48. The Morgan fingerprint density at radius 3 is 2.55 bits per heavy atom. The third kappa shape index (κ3) is 5.31. The molecule has 6 rings (SSSR count). The number of thiazole rings is 1. The number of carbonyl (C=O) groups excluding carboxylic acids is 1. The van der Waals surface area contributed by atoms with Crippen LogP contribution in [0.1, 0.15) is 36.6 Å². The maximum Gasteiger partial charge on any atom is 0.338 e. The van der Waals surface area contributed by atoms with Gasteiger partial charge in [0.1, 0.15) is 30.0 Å². The Balaban J connectivity index is 1.53. The first-order valence-corrected chi connectivity index (χ1v) is 14.9. The first-order valence-electron chi connectivity index (χ1n) is 14.1. The van der Waals surface area contributed by atoms with Gasteiger partial charge < -0.3 is 14.2 Å². The number of ether oxygens (including phenoxy) is 3. The second-order valence-corrected chi connectivity index (χ2v) is 11.1. The molecular formula is C35H29FN2O5S. The molecule has 222 valence electrons. The van der Waals surface area contributed by atoms with Crippen molar-refractivity contribution in [1.29, 1.82) is 0 Å². The van der Waals surface area contributed by atoms with Gasteiger partial charge in [-0.3, -0.25) is 9.36 Å². The second kappa shape index (κ2) is 12.3. The number of fused-ring (bicyclic) bond motifs is 2. The fourth-order valence-electron chi connectivity index (χ4n) is 5.44. The van der Waals surface area contributed by atoms with E-state index in [2.05, 4.69) is 0 Å². The summed E-state index contributed by atoms with van der Waals surface area (Å²) in [7, 11) is 1.57. The van der Waals surface area contributed by atoms with Crippen LogP contribution in [0.15, 0.2) is 106 Å². The van der Waals surface area contributed by atoms with Gasteiger partial charge in [-0.05, 0) is 48.9 Å². The van der Waals surface area contributed by atoms with Crippen LogP contribution in [0.4, 0.5) is 4.39 Å². The summed E-state index contributed by atoms with van der Waals surface area (Å²) in [6.45, 7) is 3.69. The normalized spacial score (nSPS) is 14.7. The van der Waals surface area contributed by atoms with Crippen molar-refractivity contribution in [3.8, 4) is 11.5 Å². The first kappa shape index (κ1) is 29.1. The highest BCUT2D eigenvalue weighted by Crippen LogP contribution is 2.40. The predicted octanol–water partition coefficient (Wildman–Crippen LogP) is 5.68. The number of benzene rings is 4. The van der Waals surface area contributed by atoms with Gasteiger partial charge in [-0.1, -0.05) is 78.1 Å². The molecule has 7 nitrogen and oxygen atoms in total. The molecule has 0 unspecified atom stereocenters. The molecule has 1 aliphatic heterocycles. The monoisotopic (exact) mass is 608 g/mol. The van der Waals surface area contributed by atoms with Crippen molar-refractivity contribution in [2.45, 2.75) is 26.5 Å². The van der Waals surface area contributed by atoms with Gasteiger partial charge in [-0.15, -0.1) is 0 Å². The van der Waals surface area contributed by atoms with Crippen LogP contribution in [0, 0.1) is 5.82 Å². The zero-order chi connectivity index (χ0) is 30.8. The Morgan fingerprint density at radius 2 is 1.75 bits per heavy atom. The lowest BCUT2D eigenvalue weighted by Gasteiger charge is -2.27. The predicted molar refractivity (Wildman–Crippen MR) is 168 cm³/mol. The maximum absolute atomic E-state index is 14.3. The van der Waals surface area contributed by atoms with E-state index < -0.39 is 12.0 Å². The molecule has 0 bridgehead atoms. The molecule has 4 aromatic carbocycles. The number of nitrogens with zero attached hydrogens (tertiary/aromatic N) is 2. The molecular weight excluding hydrogens is 579 g/mol. The van der Waals surface area contributed by atoms with E-state index in [1.54, 1.807) is 55.9 Å². The molecule has 0 spiro atoms. The molecule has 1 aromatic heterocycles. The largest absolute Gasteiger partial charge is 0.496 e. The minimum absolute atomic E-state index is 0.0295. The average Bonchev–Trinajstić information content (AvgIpc) is 3.33. The molecule has 0 aliphatic carbocycles. The van der Waals surface area contributed by atoms with Gasteiger partial charge in [-0.25, -0.2) is 14.2 Å². The number of halogens is 1. The number of esters is 1. The van der Waals surface area contributed by atoms with Gasteiger partial charge in [0.2, 0.25) is 0 Å². The van der Waals surface area contributed by atoms with Crippen molar-refractivity contribution < 1.29 is 23.4 Å². The first-order chi connectivity index (χ1) is 21.4. The van der Waals surface area contributed by atoms with Gasteiger partial charge in [0, 0.05) is 16.7 Å². The minimum Gasteiger partial charge on any atom is -0.496 e. The molecule has 1 aliphatic rings. The van der Waals surface area contributed by atoms with Crippen molar-refractivity contribution in [2.24, 2.45) is 4.99 Å². The van der Waals surface area contributed by atoms with E-state index in [4.69, 9.17) is 19.2 Å². The van der Waals surface area contributed by atoms with Crippen LogP contribution in [0.5, 0.6) is 11.5 Å². The highest BCUT2D eigenvalue weighted by atomic mass is 32.1. The third-order valence-corrected chi connectivity index (χ3v) is 8.47. The second-order valence-electron chi connectivity index (χ2n) is 10.1. The number of hydrogen-bond acceptors (Lipinski definition) is 7. The Morgan fingerprint density at radius 1 is 1.00 bits per heavy atom. The van der Waals surface area contributed by atoms with E-state index in [1.165, 1.54) is 17.4 Å². The third-order valence-electron chi connectivity index (χ3n) is 7.49. The van der Waals surface area contributed by atoms with Crippen LogP contribution >= 0.6 is 11.3 Å². The van der Waals surface area contributed by atoms with E-state index in [1.807, 2.05) is 54.6 Å². The van der Waals surface area contributed by atoms with Crippen LogP contribution < -0.4 is 24.4 Å². The molecule has 44 heavy (non-hydrogen) atoms. The molecule has 0 radical (unpaired) electrons. The van der Waals surface area contributed by atoms with E-state index in [0.717, 1.165) is 10.8 Å². The van der Waals surface area contributed by atoms with Crippen LogP contribution in [0.2, 0.25) is 0 Å². The topological polar surface area (TPSA) is 79.1 Å². The molecule has 0 N–H and O–H groups in total. The summed E-state index contributed by atoms with van der Waals surface area (Å²) in [6.07, 6.45) is 1.74. The minimum atomic E-state index is -0.846. The van der Waals surface area contributed by atoms with Crippen LogP contribution in [0.3, 0.4) is 0 Å². The molecule has 1 atom stereocenters. The molecule has 2 heterocycles. The van der Waals surface area contributed by atoms with Crippen molar-refractivity contribution >= 4 is 34.2 Å². The Bertz CT molecular complexity index is 2110. The zero-order valence-electron chi connectivity index (χ0n) is 24.4. The zero-order valence-corrected chi connectivity index (χ0v) is 25.2. The van der Waals surface area contributed by atoms with Crippen molar-refractivity contribution in [3.63, 3.8) is 0 Å². The van der Waals surface area contributed by atoms with Crippen LogP contribution in [-0.2, 0) is 16.1 Å². The Hall–Kier alpha value is -5.02. The number of para-hydroxylation sites is 1. The molecule has 0 amide bonds. The lowest BCUT2D eigenvalue weighted by atomic mass is 9.90. The lowest BCUT2D eigenvalue weighted by Crippen LogP contribution is -2.40. The average molecular weight is 609 g/mol. The van der Waals surface area contributed by atoms with Crippen LogP contribution in [0.25, 0.3) is 16.8 Å². The maximum atomic E-state index is 14.3. The highest BCUT2D eigenvalue weighted by molar-refractivity contribution is 7.07. The summed E-state index contributed by atoms with van der Waals surface area (Å²) in [5, 5.41) is 1.78. The van der Waals surface area contributed by atoms with Gasteiger partial charge >= 0.3 is 5.97 Å². The molecule has 9 heteroatoms.